The van der Waals surface area contributed by atoms with Gasteiger partial charge in [0, 0.05) is 54.7 Å². The summed E-state index contributed by atoms with van der Waals surface area (Å²) in [6, 6.07) is 58.4. The third-order valence-corrected chi connectivity index (χ3v) is 10.8. The summed E-state index contributed by atoms with van der Waals surface area (Å²) in [5.74, 6) is 1.85. The molecular weight excluding hydrogens is 677 g/mol. The van der Waals surface area contributed by atoms with E-state index >= 15 is 0 Å². The molecule has 55 heavy (non-hydrogen) atoms. The van der Waals surface area contributed by atoms with Gasteiger partial charge in [0.05, 0.1) is 16.4 Å². The zero-order valence-electron chi connectivity index (χ0n) is 29.3. The summed E-state index contributed by atoms with van der Waals surface area (Å²) in [5, 5.41) is 8.50. The van der Waals surface area contributed by atoms with Gasteiger partial charge in [-0.3, -0.25) is 0 Å². The zero-order valence-corrected chi connectivity index (χ0v) is 29.3. The van der Waals surface area contributed by atoms with Crippen LogP contribution in [-0.2, 0) is 0 Å². The van der Waals surface area contributed by atoms with E-state index in [-0.39, 0.29) is 0 Å². The van der Waals surface area contributed by atoms with Gasteiger partial charge in [0.25, 0.3) is 0 Å². The Bertz CT molecular complexity index is 3430. The Morgan fingerprint density at radius 1 is 0.364 bits per heavy atom. The standard InChI is InChI=1S/C49H28N4O2/c1-3-13-29(14-4-1)47-50-48(30-15-5-2-6-16-30)52-49(51-47)39-28-38-37-27-31(23-26-43(37)54-45(38)34-19-8-7-17-32(34)39)53-40-21-11-9-20-36(40)44-41(53)25-24-35-33-18-10-12-22-42(33)55-46(35)44/h1-28H. The van der Waals surface area contributed by atoms with Crippen molar-refractivity contribution in [2.75, 3.05) is 0 Å². The lowest BCUT2D eigenvalue weighted by Crippen LogP contribution is -2.00. The first-order valence-corrected chi connectivity index (χ1v) is 18.4. The highest BCUT2D eigenvalue weighted by Crippen LogP contribution is 2.43. The van der Waals surface area contributed by atoms with Crippen molar-refractivity contribution in [2.45, 2.75) is 0 Å². The number of furan rings is 2. The Balaban J connectivity index is 1.12. The van der Waals surface area contributed by atoms with Crippen LogP contribution in [0, 0.1) is 0 Å². The lowest BCUT2D eigenvalue weighted by atomic mass is 9.99. The van der Waals surface area contributed by atoms with Gasteiger partial charge < -0.3 is 13.4 Å². The first-order chi connectivity index (χ1) is 27.3. The van der Waals surface area contributed by atoms with Gasteiger partial charge in [0.1, 0.15) is 22.3 Å². The van der Waals surface area contributed by atoms with Crippen LogP contribution in [0.2, 0.25) is 0 Å². The minimum Gasteiger partial charge on any atom is -0.455 e. The smallest absolute Gasteiger partial charge is 0.164 e. The molecule has 0 aliphatic carbocycles. The van der Waals surface area contributed by atoms with Crippen molar-refractivity contribution in [2.24, 2.45) is 0 Å². The van der Waals surface area contributed by atoms with Gasteiger partial charge in [0.2, 0.25) is 0 Å². The third kappa shape index (κ3) is 4.46. The second-order valence-corrected chi connectivity index (χ2v) is 14.0. The van der Waals surface area contributed by atoms with Crippen molar-refractivity contribution in [3.05, 3.63) is 170 Å². The number of benzene rings is 8. The van der Waals surface area contributed by atoms with Crippen LogP contribution in [0.3, 0.4) is 0 Å². The van der Waals surface area contributed by atoms with E-state index in [1.165, 1.54) is 0 Å². The van der Waals surface area contributed by atoms with Crippen LogP contribution in [0.15, 0.2) is 179 Å². The van der Waals surface area contributed by atoms with Crippen LogP contribution in [0.1, 0.15) is 0 Å². The van der Waals surface area contributed by atoms with Crippen molar-refractivity contribution >= 4 is 76.5 Å². The number of hydrogen-bond acceptors (Lipinski definition) is 5. The largest absolute Gasteiger partial charge is 0.455 e. The first kappa shape index (κ1) is 29.9. The monoisotopic (exact) mass is 704 g/mol. The van der Waals surface area contributed by atoms with Crippen molar-refractivity contribution < 1.29 is 8.83 Å². The first-order valence-electron chi connectivity index (χ1n) is 18.4. The van der Waals surface area contributed by atoms with Gasteiger partial charge in [-0.25, -0.2) is 15.0 Å². The summed E-state index contributed by atoms with van der Waals surface area (Å²) in [6.07, 6.45) is 0. The van der Waals surface area contributed by atoms with Crippen LogP contribution in [-0.4, -0.2) is 19.5 Å². The summed E-state index contributed by atoms with van der Waals surface area (Å²) >= 11 is 0. The normalized spacial score (nSPS) is 12.0. The van der Waals surface area contributed by atoms with Crippen molar-refractivity contribution in [3.63, 3.8) is 0 Å². The summed E-state index contributed by atoms with van der Waals surface area (Å²) in [4.78, 5) is 15.2. The quantitative estimate of drug-likeness (QED) is 0.182. The molecule has 0 aliphatic heterocycles. The Labute approximate surface area is 313 Å². The molecule has 6 heteroatoms. The van der Waals surface area contributed by atoms with E-state index in [2.05, 4.69) is 102 Å². The lowest BCUT2D eigenvalue weighted by molar-refractivity contribution is 0.672. The SMILES string of the molecule is c1ccc(-c2nc(-c3ccccc3)nc(-c3cc4c5cc(-n6c7ccccc7c7c8oc9ccccc9c8ccc76)ccc5oc4c4ccccc34)n2)cc1. The van der Waals surface area contributed by atoms with Crippen molar-refractivity contribution in [1.29, 1.82) is 0 Å². The second kappa shape index (κ2) is 11.5. The van der Waals surface area contributed by atoms with Gasteiger partial charge in [0.15, 0.2) is 17.5 Å². The van der Waals surface area contributed by atoms with Crippen LogP contribution in [0.5, 0.6) is 0 Å². The van der Waals surface area contributed by atoms with Gasteiger partial charge in [-0.05, 0) is 53.9 Å². The van der Waals surface area contributed by atoms with Gasteiger partial charge in [-0.15, -0.1) is 0 Å². The number of fused-ring (bicyclic) bond motifs is 12. The Hall–Kier alpha value is -7.57. The number of para-hydroxylation sites is 2. The van der Waals surface area contributed by atoms with Crippen molar-refractivity contribution in [3.8, 4) is 39.9 Å². The highest BCUT2D eigenvalue weighted by molar-refractivity contribution is 6.24. The predicted molar refractivity (Wildman–Crippen MR) is 223 cm³/mol. The topological polar surface area (TPSA) is 69.9 Å². The fourth-order valence-corrected chi connectivity index (χ4v) is 8.35. The molecule has 0 N–H and O–H groups in total. The Morgan fingerprint density at radius 2 is 0.945 bits per heavy atom. The van der Waals surface area contributed by atoms with E-state index in [0.29, 0.717) is 17.5 Å². The molecule has 0 spiro atoms. The lowest BCUT2D eigenvalue weighted by Gasteiger charge is -2.11. The molecule has 0 unspecified atom stereocenters. The molecule has 0 atom stereocenters. The van der Waals surface area contributed by atoms with Crippen LogP contribution >= 0.6 is 0 Å². The molecule has 4 aromatic heterocycles. The molecule has 8 aromatic carbocycles. The van der Waals surface area contributed by atoms with E-state index in [1.54, 1.807) is 0 Å². The average Bonchev–Trinajstić information content (AvgIpc) is 3.93. The minimum absolute atomic E-state index is 0.605. The highest BCUT2D eigenvalue weighted by Gasteiger charge is 2.22. The minimum atomic E-state index is 0.605. The molecule has 256 valence electrons. The van der Waals surface area contributed by atoms with Crippen LogP contribution in [0.4, 0.5) is 0 Å². The molecule has 12 aromatic rings. The fourth-order valence-electron chi connectivity index (χ4n) is 8.35. The highest BCUT2D eigenvalue weighted by atomic mass is 16.3. The van der Waals surface area contributed by atoms with Gasteiger partial charge >= 0.3 is 0 Å². The van der Waals surface area contributed by atoms with E-state index < -0.39 is 0 Å². The van der Waals surface area contributed by atoms with Crippen LogP contribution in [0.25, 0.3) is 116 Å². The fraction of sp³-hybridized carbons (Fsp3) is 0. The number of aromatic nitrogens is 4. The van der Waals surface area contributed by atoms with E-state index in [9.17, 15) is 0 Å². The third-order valence-electron chi connectivity index (χ3n) is 10.8. The van der Waals surface area contributed by atoms with E-state index in [4.69, 9.17) is 23.8 Å². The van der Waals surface area contributed by atoms with Crippen molar-refractivity contribution in [1.82, 2.24) is 19.5 Å². The molecule has 0 saturated heterocycles. The number of hydrogen-bond donors (Lipinski definition) is 0. The summed E-state index contributed by atoms with van der Waals surface area (Å²) in [6.45, 7) is 0. The van der Waals surface area contributed by atoms with Crippen LogP contribution < -0.4 is 0 Å². The van der Waals surface area contributed by atoms with Gasteiger partial charge in [-0.2, -0.15) is 0 Å². The molecule has 4 heterocycles. The molecule has 0 aliphatic rings. The Kier molecular flexibility index (Phi) is 6.24. The Morgan fingerprint density at radius 3 is 1.71 bits per heavy atom. The maximum Gasteiger partial charge on any atom is 0.164 e. The molecule has 0 radical (unpaired) electrons. The van der Waals surface area contributed by atoms with Gasteiger partial charge in [-0.1, -0.05) is 121 Å². The number of rotatable bonds is 4. The predicted octanol–water partition coefficient (Wildman–Crippen LogP) is 12.9. The molecule has 0 amide bonds. The summed E-state index contributed by atoms with van der Waals surface area (Å²) in [5.41, 5.74) is 9.43. The maximum atomic E-state index is 6.70. The van der Waals surface area contributed by atoms with E-state index in [0.717, 1.165) is 98.8 Å². The summed E-state index contributed by atoms with van der Waals surface area (Å²) in [7, 11) is 0. The zero-order chi connectivity index (χ0) is 36.0. The molecule has 0 fully saturated rings. The molecule has 0 bridgehead atoms. The molecule has 0 saturated carbocycles. The number of nitrogens with zero attached hydrogens (tertiary/aromatic N) is 4. The molecule has 6 nitrogen and oxygen atoms in total. The molecular formula is C49H28N4O2. The maximum absolute atomic E-state index is 6.70. The second-order valence-electron chi connectivity index (χ2n) is 14.0. The summed E-state index contributed by atoms with van der Waals surface area (Å²) < 4.78 is 15.6. The van der Waals surface area contributed by atoms with E-state index in [1.807, 2.05) is 72.8 Å². The average molecular weight is 705 g/mol. The molecule has 12 rings (SSSR count).